The van der Waals surface area contributed by atoms with Crippen LogP contribution in [0.2, 0.25) is 0 Å². The quantitative estimate of drug-likeness (QED) is 0.808. The molecule has 0 saturated carbocycles. The summed E-state index contributed by atoms with van der Waals surface area (Å²) in [5, 5.41) is 1.48. The van der Waals surface area contributed by atoms with Crippen molar-refractivity contribution in [1.29, 1.82) is 0 Å². The van der Waals surface area contributed by atoms with Crippen molar-refractivity contribution in [2.24, 2.45) is 5.73 Å². The third-order valence-corrected chi connectivity index (χ3v) is 7.42. The molecule has 1 amide bonds. The zero-order valence-corrected chi connectivity index (χ0v) is 14.6. The fraction of sp³-hybridized carbons (Fsp3) is 0.643. The Morgan fingerprint density at radius 3 is 2.64 bits per heavy atom. The lowest BCUT2D eigenvalue weighted by Gasteiger charge is -2.25. The minimum absolute atomic E-state index is 0.164. The van der Waals surface area contributed by atoms with Gasteiger partial charge in [0.05, 0.1) is 5.56 Å². The molecule has 1 aliphatic rings. The van der Waals surface area contributed by atoms with E-state index in [-0.39, 0.29) is 9.77 Å². The van der Waals surface area contributed by atoms with Crippen molar-refractivity contribution >= 4 is 27.3 Å². The average molecular weight is 345 g/mol. The highest BCUT2D eigenvalue weighted by Crippen LogP contribution is 2.23. The molecule has 1 aliphatic heterocycles. The number of nitrogens with two attached hydrogens (primary N) is 1. The van der Waals surface area contributed by atoms with Gasteiger partial charge in [-0.3, -0.25) is 4.79 Å². The largest absolute Gasteiger partial charge is 0.366 e. The van der Waals surface area contributed by atoms with Crippen LogP contribution in [0.15, 0.2) is 15.7 Å². The number of likely N-dealkylation sites (tertiary alicyclic amines) is 1. The Balaban J connectivity index is 1.97. The van der Waals surface area contributed by atoms with E-state index in [9.17, 15) is 13.2 Å². The van der Waals surface area contributed by atoms with Crippen LogP contribution in [0.4, 0.5) is 0 Å². The number of rotatable bonds is 7. The van der Waals surface area contributed by atoms with Gasteiger partial charge in [-0.2, -0.15) is 0 Å². The van der Waals surface area contributed by atoms with E-state index in [4.69, 9.17) is 5.73 Å². The van der Waals surface area contributed by atoms with Gasteiger partial charge in [-0.1, -0.05) is 0 Å². The van der Waals surface area contributed by atoms with Gasteiger partial charge in [0.2, 0.25) is 5.91 Å². The molecule has 8 heteroatoms. The van der Waals surface area contributed by atoms with Gasteiger partial charge >= 0.3 is 0 Å². The number of nitrogens with zero attached hydrogens (tertiary/aromatic N) is 2. The monoisotopic (exact) mass is 345 g/mol. The summed E-state index contributed by atoms with van der Waals surface area (Å²) in [5.74, 6) is -0.608. The van der Waals surface area contributed by atoms with Gasteiger partial charge in [-0.05, 0) is 45.3 Å². The molecule has 0 radical (unpaired) electrons. The Morgan fingerprint density at radius 2 is 2.09 bits per heavy atom. The van der Waals surface area contributed by atoms with E-state index in [2.05, 4.69) is 11.8 Å². The molecule has 2 heterocycles. The van der Waals surface area contributed by atoms with Crippen LogP contribution >= 0.6 is 11.3 Å². The second-order valence-electron chi connectivity index (χ2n) is 5.73. The van der Waals surface area contributed by atoms with Crippen molar-refractivity contribution in [3.8, 4) is 0 Å². The van der Waals surface area contributed by atoms with Crippen molar-refractivity contribution in [2.75, 3.05) is 26.7 Å². The van der Waals surface area contributed by atoms with E-state index in [0.29, 0.717) is 12.6 Å². The fourth-order valence-electron chi connectivity index (χ4n) is 2.59. The zero-order chi connectivity index (χ0) is 16.3. The first-order valence-electron chi connectivity index (χ1n) is 7.41. The van der Waals surface area contributed by atoms with Gasteiger partial charge in [0.25, 0.3) is 10.0 Å². The molecule has 1 saturated heterocycles. The molecule has 1 unspecified atom stereocenters. The summed E-state index contributed by atoms with van der Waals surface area (Å²) < 4.78 is 26.5. The molecule has 0 aliphatic carbocycles. The summed E-state index contributed by atoms with van der Waals surface area (Å²) in [5.41, 5.74) is 5.41. The minimum Gasteiger partial charge on any atom is -0.366 e. The maximum Gasteiger partial charge on any atom is 0.252 e. The van der Waals surface area contributed by atoms with Gasteiger partial charge in [-0.25, -0.2) is 12.7 Å². The lowest BCUT2D eigenvalue weighted by molar-refractivity contribution is 0.100. The average Bonchev–Trinajstić information content (AvgIpc) is 3.14. The Labute approximate surface area is 135 Å². The summed E-state index contributed by atoms with van der Waals surface area (Å²) >= 11 is 1.03. The second-order valence-corrected chi connectivity index (χ2v) is 8.91. The first-order valence-corrected chi connectivity index (χ1v) is 9.73. The van der Waals surface area contributed by atoms with Gasteiger partial charge in [0.15, 0.2) is 0 Å². The Morgan fingerprint density at radius 1 is 1.45 bits per heavy atom. The van der Waals surface area contributed by atoms with Crippen molar-refractivity contribution in [3.63, 3.8) is 0 Å². The molecule has 0 aromatic carbocycles. The first kappa shape index (κ1) is 17.4. The van der Waals surface area contributed by atoms with Crippen molar-refractivity contribution in [2.45, 2.75) is 36.4 Å². The summed E-state index contributed by atoms with van der Waals surface area (Å²) in [6.45, 7) is 4.81. The molecule has 0 bridgehead atoms. The molecule has 6 nitrogen and oxygen atoms in total. The standard InChI is InChI=1S/C14H23N3O3S2/c1-11(17-6-3-4-7-17)5-8-16(2)22(19,20)13-9-12(10-21-13)14(15)18/h9-11H,3-8H2,1-2H3,(H2,15,18). The molecule has 22 heavy (non-hydrogen) atoms. The topological polar surface area (TPSA) is 83.7 Å². The number of amides is 1. The van der Waals surface area contributed by atoms with Crippen molar-refractivity contribution < 1.29 is 13.2 Å². The number of carbonyl (C=O) groups is 1. The van der Waals surface area contributed by atoms with E-state index in [0.717, 1.165) is 30.8 Å². The second kappa shape index (κ2) is 7.08. The number of carbonyl (C=O) groups excluding carboxylic acids is 1. The molecule has 2 N–H and O–H groups in total. The van der Waals surface area contributed by atoms with Gasteiger partial charge in [0, 0.05) is 25.0 Å². The lowest BCUT2D eigenvalue weighted by Crippen LogP contribution is -2.35. The van der Waals surface area contributed by atoms with E-state index in [1.165, 1.54) is 28.6 Å². The fourth-order valence-corrected chi connectivity index (χ4v) is 5.15. The Kier molecular flexibility index (Phi) is 5.60. The molecule has 0 spiro atoms. The number of sulfonamides is 1. The molecule has 1 aromatic heterocycles. The molecule has 1 fully saturated rings. The third-order valence-electron chi connectivity index (χ3n) is 4.15. The zero-order valence-electron chi connectivity index (χ0n) is 13.0. The van der Waals surface area contributed by atoms with Gasteiger partial charge < -0.3 is 10.6 Å². The highest BCUT2D eigenvalue weighted by molar-refractivity contribution is 7.91. The number of hydrogen-bond acceptors (Lipinski definition) is 5. The molecular formula is C14H23N3O3S2. The summed E-state index contributed by atoms with van der Waals surface area (Å²) in [6.07, 6.45) is 3.25. The SMILES string of the molecule is CC(CCN(C)S(=O)(=O)c1cc(C(N)=O)cs1)N1CCCC1. The van der Waals surface area contributed by atoms with Crippen LogP contribution in [0.5, 0.6) is 0 Å². The number of thiophene rings is 1. The molecular weight excluding hydrogens is 322 g/mol. The van der Waals surface area contributed by atoms with Crippen LogP contribution in [0, 0.1) is 0 Å². The van der Waals surface area contributed by atoms with Crippen LogP contribution in [-0.4, -0.2) is 56.3 Å². The Bertz CT molecular complexity index is 621. The van der Waals surface area contributed by atoms with E-state index < -0.39 is 15.9 Å². The number of hydrogen-bond donors (Lipinski definition) is 1. The molecule has 124 valence electrons. The van der Waals surface area contributed by atoms with Crippen LogP contribution in [0.3, 0.4) is 0 Å². The predicted octanol–water partition coefficient (Wildman–Crippen LogP) is 1.34. The van der Waals surface area contributed by atoms with Crippen molar-refractivity contribution in [3.05, 3.63) is 17.0 Å². The van der Waals surface area contributed by atoms with Crippen LogP contribution in [-0.2, 0) is 10.0 Å². The predicted molar refractivity (Wildman–Crippen MR) is 87.5 cm³/mol. The summed E-state index contributed by atoms with van der Waals surface area (Å²) in [4.78, 5) is 13.5. The van der Waals surface area contributed by atoms with Crippen LogP contribution < -0.4 is 5.73 Å². The summed E-state index contributed by atoms with van der Waals surface area (Å²) in [7, 11) is -1.97. The van der Waals surface area contributed by atoms with Gasteiger partial charge in [0.1, 0.15) is 4.21 Å². The molecule has 1 atom stereocenters. The maximum atomic E-state index is 12.5. The lowest BCUT2D eigenvalue weighted by atomic mass is 10.2. The molecule has 2 rings (SSSR count). The summed E-state index contributed by atoms with van der Waals surface area (Å²) in [6, 6.07) is 1.73. The van der Waals surface area contributed by atoms with E-state index in [1.54, 1.807) is 7.05 Å². The highest BCUT2D eigenvalue weighted by Gasteiger charge is 2.25. The van der Waals surface area contributed by atoms with E-state index in [1.807, 2.05) is 0 Å². The first-order chi connectivity index (χ1) is 10.3. The smallest absolute Gasteiger partial charge is 0.252 e. The van der Waals surface area contributed by atoms with E-state index >= 15 is 0 Å². The van der Waals surface area contributed by atoms with Crippen LogP contribution in [0.1, 0.15) is 36.5 Å². The van der Waals surface area contributed by atoms with Crippen LogP contribution in [0.25, 0.3) is 0 Å². The molecule has 1 aromatic rings. The van der Waals surface area contributed by atoms with Crippen molar-refractivity contribution in [1.82, 2.24) is 9.21 Å². The minimum atomic E-state index is -3.55. The third kappa shape index (κ3) is 3.87. The normalized spacial score (nSPS) is 18.0. The van der Waals surface area contributed by atoms with Gasteiger partial charge in [-0.15, -0.1) is 11.3 Å². The Hall–Kier alpha value is -0.960. The number of primary amides is 1. The highest BCUT2D eigenvalue weighted by atomic mass is 32.2. The maximum absolute atomic E-state index is 12.5.